The second-order valence-electron chi connectivity index (χ2n) is 3.06. The molecule has 1 aromatic rings. The van der Waals surface area contributed by atoms with Crippen LogP contribution in [0.3, 0.4) is 0 Å². The Morgan fingerprint density at radius 2 is 2.29 bits per heavy atom. The van der Waals surface area contributed by atoms with Crippen LogP contribution < -0.4 is 5.32 Å². The number of nitrogens with one attached hydrogen (secondary N) is 1. The van der Waals surface area contributed by atoms with Crippen LogP contribution in [0.25, 0.3) is 0 Å². The number of halogens is 3. The topological polar surface area (TPSA) is 64.1 Å². The van der Waals surface area contributed by atoms with E-state index in [0.717, 1.165) is 11.5 Å². The monoisotopic (exact) mass is 269 g/mol. The largest absolute Gasteiger partial charge is 0.411 e. The summed E-state index contributed by atoms with van der Waals surface area (Å²) in [4.78, 5) is 11.7. The first kappa shape index (κ1) is 13.8. The van der Waals surface area contributed by atoms with Gasteiger partial charge in [-0.1, -0.05) is 4.49 Å². The fourth-order valence-corrected chi connectivity index (χ4v) is 1.35. The fraction of sp³-hybridized carbons (Fsp3) is 0.625. The van der Waals surface area contributed by atoms with E-state index in [4.69, 9.17) is 0 Å². The van der Waals surface area contributed by atoms with Gasteiger partial charge < -0.3 is 10.1 Å². The molecule has 1 N–H and O–H groups in total. The zero-order valence-electron chi connectivity index (χ0n) is 8.66. The number of rotatable bonds is 6. The second-order valence-corrected chi connectivity index (χ2v) is 3.84. The number of ether oxygens (including phenoxy) is 1. The van der Waals surface area contributed by atoms with Gasteiger partial charge in [0.2, 0.25) is 0 Å². The highest BCUT2D eigenvalue weighted by Gasteiger charge is 2.27. The molecule has 0 aliphatic rings. The molecule has 0 fully saturated rings. The van der Waals surface area contributed by atoms with Crippen LogP contribution >= 0.6 is 11.5 Å². The lowest BCUT2D eigenvalue weighted by molar-refractivity contribution is -0.173. The summed E-state index contributed by atoms with van der Waals surface area (Å²) in [5, 5.41) is 6.00. The van der Waals surface area contributed by atoms with E-state index in [1.54, 1.807) is 0 Å². The number of alkyl halides is 3. The number of nitrogens with zero attached hydrogens (tertiary/aromatic N) is 2. The van der Waals surface area contributed by atoms with E-state index in [1.165, 1.54) is 6.20 Å². The minimum Gasteiger partial charge on any atom is -0.372 e. The smallest absolute Gasteiger partial charge is 0.372 e. The Balaban J connectivity index is 2.03. The summed E-state index contributed by atoms with van der Waals surface area (Å²) in [6.07, 6.45) is -2.67. The summed E-state index contributed by atoms with van der Waals surface area (Å²) in [5.74, 6) is -0.337. The molecule has 0 saturated heterocycles. The van der Waals surface area contributed by atoms with Gasteiger partial charge in [0.1, 0.15) is 11.5 Å². The van der Waals surface area contributed by atoms with E-state index < -0.39 is 12.8 Å². The quantitative estimate of drug-likeness (QED) is 0.789. The number of carbonyl (C=O) groups is 1. The van der Waals surface area contributed by atoms with Gasteiger partial charge >= 0.3 is 6.18 Å². The van der Waals surface area contributed by atoms with Crippen molar-refractivity contribution >= 4 is 17.4 Å². The van der Waals surface area contributed by atoms with Gasteiger partial charge in [0, 0.05) is 13.2 Å². The molecule has 96 valence electrons. The third kappa shape index (κ3) is 6.17. The summed E-state index contributed by atoms with van der Waals surface area (Å²) < 4.78 is 42.9. The molecular weight excluding hydrogens is 259 g/mol. The van der Waals surface area contributed by atoms with Crippen molar-refractivity contribution in [1.82, 2.24) is 14.9 Å². The van der Waals surface area contributed by atoms with Gasteiger partial charge in [-0.05, 0) is 18.0 Å². The molecule has 0 radical (unpaired) electrons. The third-order valence-electron chi connectivity index (χ3n) is 1.60. The van der Waals surface area contributed by atoms with Gasteiger partial charge in [-0.15, -0.1) is 5.10 Å². The Kier molecular flexibility index (Phi) is 5.29. The van der Waals surface area contributed by atoms with Crippen molar-refractivity contribution in [2.75, 3.05) is 19.8 Å². The maximum absolute atomic E-state index is 11.7. The molecule has 0 saturated carbocycles. The number of carbonyl (C=O) groups excluding carboxylic acids is 1. The Hall–Kier alpha value is -1.22. The Morgan fingerprint density at radius 1 is 1.53 bits per heavy atom. The standard InChI is InChI=1S/C8H10F3N3O2S/c9-8(10,11)5-16-3-1-2-12-7(15)6-4-13-14-17-6/h4H,1-3,5H2,(H,12,15). The van der Waals surface area contributed by atoms with Crippen molar-refractivity contribution < 1.29 is 22.7 Å². The average Bonchev–Trinajstić information content (AvgIpc) is 2.74. The van der Waals surface area contributed by atoms with Gasteiger partial charge in [-0.2, -0.15) is 13.2 Å². The first-order valence-corrected chi connectivity index (χ1v) is 5.46. The molecule has 1 rings (SSSR count). The lowest BCUT2D eigenvalue weighted by Crippen LogP contribution is -2.25. The molecule has 0 spiro atoms. The maximum Gasteiger partial charge on any atom is 0.411 e. The first-order valence-electron chi connectivity index (χ1n) is 4.69. The molecule has 5 nitrogen and oxygen atoms in total. The highest BCUT2D eigenvalue weighted by molar-refractivity contribution is 7.07. The van der Waals surface area contributed by atoms with E-state index in [2.05, 4.69) is 19.6 Å². The molecule has 1 aromatic heterocycles. The van der Waals surface area contributed by atoms with E-state index in [1.807, 2.05) is 0 Å². The van der Waals surface area contributed by atoms with E-state index >= 15 is 0 Å². The van der Waals surface area contributed by atoms with Gasteiger partial charge in [0.05, 0.1) is 6.20 Å². The summed E-state index contributed by atoms with van der Waals surface area (Å²) in [6.45, 7) is -1.07. The molecule has 0 unspecified atom stereocenters. The highest BCUT2D eigenvalue weighted by atomic mass is 32.1. The maximum atomic E-state index is 11.7. The summed E-state index contributed by atoms with van der Waals surface area (Å²) in [6, 6.07) is 0. The second kappa shape index (κ2) is 6.50. The van der Waals surface area contributed by atoms with Gasteiger partial charge in [0.25, 0.3) is 5.91 Å². The van der Waals surface area contributed by atoms with Crippen molar-refractivity contribution in [3.05, 3.63) is 11.1 Å². The molecule has 0 atom stereocenters. The predicted octanol–water partition coefficient (Wildman–Crippen LogP) is 1.24. The minimum atomic E-state index is -4.31. The molecule has 1 amide bonds. The first-order chi connectivity index (χ1) is 7.99. The summed E-state index contributed by atoms with van der Waals surface area (Å²) >= 11 is 0.950. The molecule has 1 heterocycles. The minimum absolute atomic E-state index is 0.0548. The molecule has 17 heavy (non-hydrogen) atoms. The molecule has 0 aliphatic heterocycles. The Bertz CT molecular complexity index is 342. The van der Waals surface area contributed by atoms with Crippen molar-refractivity contribution in [2.24, 2.45) is 0 Å². The molecular formula is C8H10F3N3O2S. The number of amides is 1. The van der Waals surface area contributed by atoms with Gasteiger partial charge in [0.15, 0.2) is 0 Å². The summed E-state index contributed by atoms with van der Waals surface area (Å²) in [7, 11) is 0. The average molecular weight is 269 g/mol. The van der Waals surface area contributed by atoms with E-state index in [9.17, 15) is 18.0 Å². The molecule has 0 bridgehead atoms. The zero-order chi connectivity index (χ0) is 12.7. The van der Waals surface area contributed by atoms with Gasteiger partial charge in [-0.3, -0.25) is 4.79 Å². The number of hydrogen-bond acceptors (Lipinski definition) is 5. The van der Waals surface area contributed by atoms with Crippen LogP contribution in [0.4, 0.5) is 13.2 Å². The SMILES string of the molecule is O=C(NCCCOCC(F)(F)F)c1cnns1. The lowest BCUT2D eigenvalue weighted by Gasteiger charge is -2.07. The van der Waals surface area contributed by atoms with Crippen LogP contribution in [-0.4, -0.2) is 41.4 Å². The molecule has 9 heteroatoms. The number of hydrogen-bond donors (Lipinski definition) is 1. The zero-order valence-corrected chi connectivity index (χ0v) is 9.48. The Morgan fingerprint density at radius 3 is 2.88 bits per heavy atom. The van der Waals surface area contributed by atoms with Crippen molar-refractivity contribution in [1.29, 1.82) is 0 Å². The molecule has 0 aliphatic carbocycles. The van der Waals surface area contributed by atoms with Crippen molar-refractivity contribution in [3.8, 4) is 0 Å². The third-order valence-corrected chi connectivity index (χ3v) is 2.27. The van der Waals surface area contributed by atoms with E-state index in [0.29, 0.717) is 11.3 Å². The fourth-order valence-electron chi connectivity index (χ4n) is 0.918. The predicted molar refractivity (Wildman–Crippen MR) is 53.7 cm³/mol. The van der Waals surface area contributed by atoms with Crippen LogP contribution in [0.2, 0.25) is 0 Å². The van der Waals surface area contributed by atoms with Crippen molar-refractivity contribution in [3.63, 3.8) is 0 Å². The van der Waals surface area contributed by atoms with Crippen LogP contribution in [0.1, 0.15) is 16.1 Å². The van der Waals surface area contributed by atoms with E-state index in [-0.39, 0.29) is 19.1 Å². The van der Waals surface area contributed by atoms with Gasteiger partial charge in [-0.25, -0.2) is 0 Å². The number of aromatic nitrogens is 2. The van der Waals surface area contributed by atoms with Crippen LogP contribution in [-0.2, 0) is 4.74 Å². The highest BCUT2D eigenvalue weighted by Crippen LogP contribution is 2.14. The molecule has 0 aromatic carbocycles. The van der Waals surface area contributed by atoms with Crippen molar-refractivity contribution in [2.45, 2.75) is 12.6 Å². The van der Waals surface area contributed by atoms with Crippen LogP contribution in [0, 0.1) is 0 Å². The summed E-state index contributed by atoms with van der Waals surface area (Å²) in [5.41, 5.74) is 0. The van der Waals surface area contributed by atoms with Crippen LogP contribution in [0.5, 0.6) is 0 Å². The normalized spacial score (nSPS) is 11.5. The van der Waals surface area contributed by atoms with Crippen LogP contribution in [0.15, 0.2) is 6.20 Å². The lowest BCUT2D eigenvalue weighted by atomic mass is 10.4. The Labute approximate surface area is 99.1 Å².